The van der Waals surface area contributed by atoms with E-state index < -0.39 is 0 Å². The van der Waals surface area contributed by atoms with Gasteiger partial charge in [-0.1, -0.05) is 24.3 Å². The van der Waals surface area contributed by atoms with Gasteiger partial charge in [-0.2, -0.15) is 0 Å². The molecule has 0 amide bonds. The third-order valence-corrected chi connectivity index (χ3v) is 4.44. The first-order chi connectivity index (χ1) is 9.33. The van der Waals surface area contributed by atoms with Crippen molar-refractivity contribution in [1.82, 2.24) is 5.06 Å². The number of fused-ring (bicyclic) bond motifs is 1. The Hall–Kier alpha value is -1.48. The van der Waals surface area contributed by atoms with Crippen molar-refractivity contribution < 1.29 is 9.94 Å². The molecule has 0 spiro atoms. The van der Waals surface area contributed by atoms with Crippen LogP contribution >= 0.6 is 0 Å². The highest BCUT2D eigenvalue weighted by molar-refractivity contribution is 5.42. The predicted molar refractivity (Wildman–Crippen MR) is 76.9 cm³/mol. The van der Waals surface area contributed by atoms with Crippen LogP contribution in [0.15, 0.2) is 36.3 Å². The number of hydrogen-bond acceptors (Lipinski definition) is 2. The molecule has 0 atom stereocenters. The molecule has 1 aromatic carbocycles. The van der Waals surface area contributed by atoms with Crippen LogP contribution in [-0.4, -0.2) is 5.06 Å². The molecule has 1 saturated carbocycles. The van der Waals surface area contributed by atoms with Gasteiger partial charge >= 0.3 is 5.95 Å². The second kappa shape index (κ2) is 4.26. The number of hydrogen-bond donors (Lipinski definition) is 0. The summed E-state index contributed by atoms with van der Waals surface area (Å²) in [6.45, 7) is 8.41. The molecule has 0 aromatic heterocycles. The van der Waals surface area contributed by atoms with Crippen molar-refractivity contribution in [2.24, 2.45) is 5.92 Å². The molecule has 20 heavy (non-hydrogen) atoms. The Morgan fingerprint density at radius 3 is 2.10 bits per heavy atom. The van der Waals surface area contributed by atoms with E-state index in [1.54, 1.807) is 6.08 Å². The lowest BCUT2D eigenvalue weighted by Gasteiger charge is -2.38. The number of rotatable bonds is 3. The first-order valence-electron chi connectivity index (χ1n) is 7.30. The number of allylic oxidation sites excluding steroid dienone is 1. The van der Waals surface area contributed by atoms with Crippen LogP contribution in [0.3, 0.4) is 0 Å². The molecule has 0 unspecified atom stereocenters. The highest BCUT2D eigenvalue weighted by Gasteiger charge is 2.51. The van der Waals surface area contributed by atoms with Gasteiger partial charge in [0, 0.05) is 6.08 Å². The minimum atomic E-state index is -0.312. The predicted octanol–water partition coefficient (Wildman–Crippen LogP) is 4.09. The van der Waals surface area contributed by atoms with Gasteiger partial charge in [0.15, 0.2) is 0 Å². The third-order valence-electron chi connectivity index (χ3n) is 4.44. The summed E-state index contributed by atoms with van der Waals surface area (Å²) in [4.78, 5) is 5.71. The Labute approximate surface area is 120 Å². The normalized spacial score (nSPS) is 24.5. The van der Waals surface area contributed by atoms with Crippen LogP contribution < -0.4 is 0 Å². The summed E-state index contributed by atoms with van der Waals surface area (Å²) in [5.74, 6) is 0.208. The fraction of sp³-hybridized carbons (Fsp3) is 0.529. The smallest absolute Gasteiger partial charge is 0.345 e. The fourth-order valence-electron chi connectivity index (χ4n) is 3.27. The van der Waals surface area contributed by atoms with Gasteiger partial charge in [0.05, 0.1) is 11.1 Å². The first-order valence-corrected chi connectivity index (χ1v) is 7.30. The molecule has 2 aliphatic rings. The van der Waals surface area contributed by atoms with Gasteiger partial charge in [0.1, 0.15) is 0 Å². The van der Waals surface area contributed by atoms with E-state index in [0.717, 1.165) is 12.8 Å². The largest absolute Gasteiger partial charge is 0.363 e. The third kappa shape index (κ3) is 2.01. The molecule has 0 N–H and O–H groups in total. The maximum absolute atomic E-state index is 12.1. The molecule has 107 valence electrons. The quantitative estimate of drug-likeness (QED) is 0.776. The van der Waals surface area contributed by atoms with Crippen molar-refractivity contribution in [3.05, 3.63) is 47.4 Å². The van der Waals surface area contributed by atoms with Gasteiger partial charge in [-0.3, -0.25) is 0 Å². The summed E-state index contributed by atoms with van der Waals surface area (Å²) < 4.78 is 0. The molecule has 1 heterocycles. The summed E-state index contributed by atoms with van der Waals surface area (Å²) in [6, 6.07) is 8.32. The van der Waals surface area contributed by atoms with Crippen LogP contribution in [0.25, 0.3) is 0 Å². The Kier molecular flexibility index (Phi) is 2.87. The summed E-state index contributed by atoms with van der Waals surface area (Å²) >= 11 is 0. The minimum absolute atomic E-state index is 0.221. The zero-order valence-electron chi connectivity index (χ0n) is 12.6. The standard InChI is InChI=1S/C17H22NO2/c1-16(2)13-7-5-6-8-14(13)17(3,4)18(16)20-15(19)11-12-9-10-12/h5-8,11-12H,9-10H2,1-4H3. The molecule has 1 radical (unpaired) electrons. The number of nitrogens with zero attached hydrogens (tertiary/aromatic N) is 1. The van der Waals surface area contributed by atoms with Gasteiger partial charge in [-0.05, 0) is 57.6 Å². The van der Waals surface area contributed by atoms with Gasteiger partial charge in [0.2, 0.25) is 0 Å². The molecule has 1 fully saturated rings. The van der Waals surface area contributed by atoms with E-state index in [-0.39, 0.29) is 17.0 Å². The summed E-state index contributed by atoms with van der Waals surface area (Å²) in [6.07, 6.45) is 3.94. The average Bonchev–Trinajstić information content (AvgIpc) is 3.17. The molecule has 3 nitrogen and oxygen atoms in total. The lowest BCUT2D eigenvalue weighted by molar-refractivity contribution is -0.262. The number of hydroxylamine groups is 2. The lowest BCUT2D eigenvalue weighted by Crippen LogP contribution is -2.45. The van der Waals surface area contributed by atoms with E-state index in [2.05, 4.69) is 39.8 Å². The van der Waals surface area contributed by atoms with Crippen LogP contribution in [0.1, 0.15) is 51.7 Å². The van der Waals surface area contributed by atoms with Crippen molar-refractivity contribution in [2.45, 2.75) is 51.6 Å². The Balaban J connectivity index is 1.95. The Morgan fingerprint density at radius 2 is 1.65 bits per heavy atom. The highest BCUT2D eigenvalue weighted by Crippen LogP contribution is 2.49. The van der Waals surface area contributed by atoms with Crippen molar-refractivity contribution in [2.75, 3.05) is 0 Å². The van der Waals surface area contributed by atoms with Crippen molar-refractivity contribution in [3.63, 3.8) is 0 Å². The van der Waals surface area contributed by atoms with Crippen molar-refractivity contribution in [1.29, 1.82) is 0 Å². The highest BCUT2D eigenvalue weighted by atomic mass is 16.8. The van der Waals surface area contributed by atoms with Crippen LogP contribution in [0, 0.1) is 5.92 Å². The molecular formula is C17H22NO2. The monoisotopic (exact) mass is 272 g/mol. The molecular weight excluding hydrogens is 250 g/mol. The summed E-state index contributed by atoms with van der Waals surface area (Å²) in [5.41, 5.74) is 1.83. The van der Waals surface area contributed by atoms with E-state index in [0.29, 0.717) is 5.92 Å². The molecule has 0 saturated heterocycles. The molecule has 1 aromatic rings. The fourth-order valence-corrected chi connectivity index (χ4v) is 3.27. The lowest BCUT2D eigenvalue weighted by atomic mass is 9.91. The maximum atomic E-state index is 12.1. The molecule has 3 heteroatoms. The van der Waals surface area contributed by atoms with Gasteiger partial charge in [0.25, 0.3) is 0 Å². The van der Waals surface area contributed by atoms with Crippen molar-refractivity contribution >= 4 is 0 Å². The Bertz CT molecular complexity index is 521. The van der Waals surface area contributed by atoms with Crippen LogP contribution in [0.4, 0.5) is 0 Å². The van der Waals surface area contributed by atoms with E-state index >= 15 is 0 Å². The van der Waals surface area contributed by atoms with Gasteiger partial charge in [-0.25, -0.2) is 5.11 Å². The van der Waals surface area contributed by atoms with Crippen molar-refractivity contribution in [3.8, 4) is 0 Å². The summed E-state index contributed by atoms with van der Waals surface area (Å²) in [5, 5.41) is 13.9. The molecule has 0 bridgehead atoms. The zero-order valence-corrected chi connectivity index (χ0v) is 12.6. The topological polar surface area (TPSA) is 32.4 Å². The molecule has 3 rings (SSSR count). The van der Waals surface area contributed by atoms with E-state index in [4.69, 9.17) is 4.84 Å². The summed E-state index contributed by atoms with van der Waals surface area (Å²) in [7, 11) is 0. The maximum Gasteiger partial charge on any atom is 0.345 e. The van der Waals surface area contributed by atoms with Crippen LogP contribution in [0.2, 0.25) is 0 Å². The number of benzene rings is 1. The van der Waals surface area contributed by atoms with E-state index in [9.17, 15) is 5.11 Å². The van der Waals surface area contributed by atoms with E-state index in [1.165, 1.54) is 11.1 Å². The zero-order chi connectivity index (χ0) is 14.5. The average molecular weight is 272 g/mol. The second-order valence-electron chi connectivity index (χ2n) is 6.87. The van der Waals surface area contributed by atoms with Crippen LogP contribution in [-0.2, 0) is 21.0 Å². The molecule has 1 aliphatic carbocycles. The van der Waals surface area contributed by atoms with Gasteiger partial charge < -0.3 is 4.84 Å². The van der Waals surface area contributed by atoms with E-state index in [1.807, 2.05) is 17.2 Å². The Morgan fingerprint density at radius 1 is 1.15 bits per heavy atom. The SMILES string of the molecule is CC1(C)c2ccccc2C(C)(C)N1OC([O])=CC1CC1. The van der Waals surface area contributed by atoms with Crippen LogP contribution in [0.5, 0.6) is 0 Å². The van der Waals surface area contributed by atoms with Gasteiger partial charge in [-0.15, -0.1) is 5.06 Å². The second-order valence-corrected chi connectivity index (χ2v) is 6.87. The molecule has 1 aliphatic heterocycles. The minimum Gasteiger partial charge on any atom is -0.363 e. The first kappa shape index (κ1) is 13.5.